The highest BCUT2D eigenvalue weighted by Crippen LogP contribution is 2.12. The molecular weight excluding hydrogens is 412 g/mol. The maximum atomic E-state index is 11.9. The van der Waals surface area contributed by atoms with Gasteiger partial charge in [0.25, 0.3) is 5.91 Å². The number of amides is 3. The van der Waals surface area contributed by atoms with Gasteiger partial charge in [0.1, 0.15) is 5.75 Å². The van der Waals surface area contributed by atoms with Crippen LogP contribution in [0.1, 0.15) is 24.0 Å². The van der Waals surface area contributed by atoms with Gasteiger partial charge in [-0.25, -0.2) is 5.43 Å². The maximum Gasteiger partial charge on any atom is 0.329 e. The molecule has 1 fully saturated rings. The summed E-state index contributed by atoms with van der Waals surface area (Å²) in [5.41, 5.74) is 4.43. The van der Waals surface area contributed by atoms with Crippen LogP contribution >= 0.6 is 0 Å². The van der Waals surface area contributed by atoms with Gasteiger partial charge in [-0.1, -0.05) is 17.7 Å². The molecule has 0 radical (unpaired) electrons. The average Bonchev–Trinajstić information content (AvgIpc) is 3.32. The zero-order chi connectivity index (χ0) is 22.8. The summed E-state index contributed by atoms with van der Waals surface area (Å²) in [6.45, 7) is 3.08. The van der Waals surface area contributed by atoms with Crippen LogP contribution in [0.3, 0.4) is 0 Å². The first-order chi connectivity index (χ1) is 15.5. The molecule has 9 nitrogen and oxygen atoms in total. The first-order valence-corrected chi connectivity index (χ1v) is 10.3. The number of anilines is 1. The molecule has 3 N–H and O–H groups in total. The van der Waals surface area contributed by atoms with E-state index >= 15 is 0 Å². The van der Waals surface area contributed by atoms with Crippen LogP contribution in [0.4, 0.5) is 5.69 Å². The Morgan fingerprint density at radius 1 is 1.09 bits per heavy atom. The van der Waals surface area contributed by atoms with Crippen LogP contribution in [0.15, 0.2) is 53.6 Å². The van der Waals surface area contributed by atoms with E-state index in [2.05, 4.69) is 21.2 Å². The lowest BCUT2D eigenvalue weighted by Gasteiger charge is -2.11. The number of aryl methyl sites for hydroxylation is 1. The highest BCUT2D eigenvalue weighted by molar-refractivity contribution is 6.39. The molecule has 0 unspecified atom stereocenters. The SMILES string of the molecule is Cc1ccc(NC(=O)C(=O)N/N=C\c2ccc(OCC(=O)NC[C@H]3CCCO3)cc2)cc1. The van der Waals surface area contributed by atoms with Crippen LogP contribution in [0.25, 0.3) is 0 Å². The number of rotatable bonds is 8. The maximum absolute atomic E-state index is 11.9. The highest BCUT2D eigenvalue weighted by Gasteiger charge is 2.16. The molecular formula is C23H26N4O5. The fourth-order valence-corrected chi connectivity index (χ4v) is 2.92. The van der Waals surface area contributed by atoms with Crippen molar-refractivity contribution < 1.29 is 23.9 Å². The fourth-order valence-electron chi connectivity index (χ4n) is 2.92. The lowest BCUT2D eigenvalue weighted by atomic mass is 10.2. The molecule has 1 aliphatic rings. The summed E-state index contributed by atoms with van der Waals surface area (Å²) in [5.74, 6) is -1.38. The lowest BCUT2D eigenvalue weighted by molar-refractivity contribution is -0.136. The molecule has 168 valence electrons. The summed E-state index contributed by atoms with van der Waals surface area (Å²) in [6, 6.07) is 13.9. The number of hydrogen-bond acceptors (Lipinski definition) is 6. The van der Waals surface area contributed by atoms with Crippen molar-refractivity contribution in [1.29, 1.82) is 0 Å². The van der Waals surface area contributed by atoms with E-state index in [1.807, 2.05) is 19.1 Å². The minimum absolute atomic E-state index is 0.0895. The predicted octanol–water partition coefficient (Wildman–Crippen LogP) is 1.76. The van der Waals surface area contributed by atoms with Gasteiger partial charge in [0.2, 0.25) is 0 Å². The molecule has 1 atom stereocenters. The third-order valence-electron chi connectivity index (χ3n) is 4.70. The van der Waals surface area contributed by atoms with E-state index < -0.39 is 11.8 Å². The second-order valence-electron chi connectivity index (χ2n) is 7.32. The Balaban J connectivity index is 1.37. The summed E-state index contributed by atoms with van der Waals surface area (Å²) in [5, 5.41) is 9.06. The Bertz CT molecular complexity index is 951. The minimum Gasteiger partial charge on any atom is -0.484 e. The third kappa shape index (κ3) is 7.51. The molecule has 0 aromatic heterocycles. The number of carbonyl (C=O) groups is 3. The van der Waals surface area contributed by atoms with Crippen LogP contribution in [0.2, 0.25) is 0 Å². The van der Waals surface area contributed by atoms with E-state index in [-0.39, 0.29) is 18.6 Å². The number of hydrogen-bond donors (Lipinski definition) is 3. The number of hydrazone groups is 1. The van der Waals surface area contributed by atoms with E-state index in [0.717, 1.165) is 25.0 Å². The van der Waals surface area contributed by atoms with Crippen molar-refractivity contribution in [3.63, 3.8) is 0 Å². The van der Waals surface area contributed by atoms with Crippen molar-refractivity contribution in [3.05, 3.63) is 59.7 Å². The molecule has 0 spiro atoms. The Hall–Kier alpha value is -3.72. The van der Waals surface area contributed by atoms with Gasteiger partial charge in [0.15, 0.2) is 6.61 Å². The fraction of sp³-hybridized carbons (Fsp3) is 0.304. The third-order valence-corrected chi connectivity index (χ3v) is 4.70. The molecule has 1 heterocycles. The lowest BCUT2D eigenvalue weighted by Crippen LogP contribution is -2.35. The van der Waals surface area contributed by atoms with Gasteiger partial charge in [-0.2, -0.15) is 5.10 Å². The molecule has 0 bridgehead atoms. The number of nitrogens with one attached hydrogen (secondary N) is 3. The first kappa shape index (κ1) is 23.0. The summed E-state index contributed by atoms with van der Waals surface area (Å²) in [7, 11) is 0. The van der Waals surface area contributed by atoms with E-state index in [9.17, 15) is 14.4 Å². The Morgan fingerprint density at radius 3 is 2.53 bits per heavy atom. The molecule has 32 heavy (non-hydrogen) atoms. The van der Waals surface area contributed by atoms with E-state index in [4.69, 9.17) is 9.47 Å². The quantitative estimate of drug-likeness (QED) is 0.330. The summed E-state index contributed by atoms with van der Waals surface area (Å²) in [4.78, 5) is 35.6. The highest BCUT2D eigenvalue weighted by atomic mass is 16.5. The van der Waals surface area contributed by atoms with Gasteiger partial charge in [-0.15, -0.1) is 0 Å². The normalized spacial score (nSPS) is 15.3. The van der Waals surface area contributed by atoms with Gasteiger partial charge >= 0.3 is 11.8 Å². The van der Waals surface area contributed by atoms with Gasteiger partial charge < -0.3 is 20.1 Å². The standard InChI is InChI=1S/C23H26N4O5/c1-16-4-8-18(9-5-16)26-22(29)23(30)27-25-13-17-6-10-19(11-7-17)32-15-21(28)24-14-20-3-2-12-31-20/h4-11,13,20H,2-3,12,14-15H2,1H3,(H,24,28)(H,26,29)(H,27,30)/b25-13-/t20-/m1/s1. The van der Waals surface area contributed by atoms with Crippen molar-refractivity contribution in [2.24, 2.45) is 5.10 Å². The van der Waals surface area contributed by atoms with Crippen LogP contribution in [-0.4, -0.2) is 49.8 Å². The van der Waals surface area contributed by atoms with E-state index in [1.165, 1.54) is 6.21 Å². The van der Waals surface area contributed by atoms with Crippen LogP contribution < -0.4 is 20.8 Å². The zero-order valence-electron chi connectivity index (χ0n) is 17.8. The monoisotopic (exact) mass is 438 g/mol. The topological polar surface area (TPSA) is 118 Å². The number of ether oxygens (including phenoxy) is 2. The smallest absolute Gasteiger partial charge is 0.329 e. The van der Waals surface area contributed by atoms with Crippen molar-refractivity contribution >= 4 is 29.6 Å². The predicted molar refractivity (Wildman–Crippen MR) is 119 cm³/mol. The minimum atomic E-state index is -0.879. The van der Waals surface area contributed by atoms with Crippen molar-refractivity contribution in [1.82, 2.24) is 10.7 Å². The Labute approximate surface area is 186 Å². The summed E-state index contributed by atoms with van der Waals surface area (Å²) in [6.07, 6.45) is 3.47. The molecule has 2 aromatic carbocycles. The zero-order valence-corrected chi connectivity index (χ0v) is 17.8. The Morgan fingerprint density at radius 2 is 1.84 bits per heavy atom. The molecule has 1 aliphatic heterocycles. The van der Waals surface area contributed by atoms with E-state index in [0.29, 0.717) is 23.5 Å². The van der Waals surface area contributed by atoms with Crippen molar-refractivity contribution in [2.75, 3.05) is 25.1 Å². The average molecular weight is 438 g/mol. The molecule has 0 aliphatic carbocycles. The number of benzene rings is 2. The van der Waals surface area contributed by atoms with Crippen LogP contribution in [-0.2, 0) is 19.1 Å². The van der Waals surface area contributed by atoms with E-state index in [1.54, 1.807) is 36.4 Å². The molecule has 1 saturated heterocycles. The molecule has 3 rings (SSSR count). The Kier molecular flexibility index (Phi) is 8.33. The van der Waals surface area contributed by atoms with Crippen LogP contribution in [0, 0.1) is 6.92 Å². The van der Waals surface area contributed by atoms with Crippen molar-refractivity contribution in [3.8, 4) is 5.75 Å². The second-order valence-corrected chi connectivity index (χ2v) is 7.32. The summed E-state index contributed by atoms with van der Waals surface area (Å²) < 4.78 is 10.9. The van der Waals surface area contributed by atoms with Gasteiger partial charge in [-0.05, 0) is 61.7 Å². The summed E-state index contributed by atoms with van der Waals surface area (Å²) >= 11 is 0. The molecule has 2 aromatic rings. The molecule has 3 amide bonds. The number of nitrogens with zero attached hydrogens (tertiary/aromatic N) is 1. The van der Waals surface area contributed by atoms with Crippen LogP contribution in [0.5, 0.6) is 5.75 Å². The van der Waals surface area contributed by atoms with Crippen molar-refractivity contribution in [2.45, 2.75) is 25.9 Å². The molecule has 9 heteroatoms. The first-order valence-electron chi connectivity index (χ1n) is 10.3. The van der Waals surface area contributed by atoms with Gasteiger partial charge in [0, 0.05) is 18.8 Å². The van der Waals surface area contributed by atoms with Gasteiger partial charge in [-0.3, -0.25) is 14.4 Å². The molecule has 0 saturated carbocycles. The number of carbonyl (C=O) groups excluding carboxylic acids is 3. The van der Waals surface area contributed by atoms with Gasteiger partial charge in [0.05, 0.1) is 12.3 Å². The largest absolute Gasteiger partial charge is 0.484 e. The second kappa shape index (κ2) is 11.6.